The summed E-state index contributed by atoms with van der Waals surface area (Å²) in [7, 11) is 0. The van der Waals surface area contributed by atoms with Gasteiger partial charge in [-0.15, -0.1) is 11.3 Å². The number of nitrogens with one attached hydrogen (secondary N) is 1. The fourth-order valence-electron chi connectivity index (χ4n) is 1.77. The molecule has 5 heteroatoms. The lowest BCUT2D eigenvalue weighted by atomic mass is 10.1. The first-order chi connectivity index (χ1) is 9.83. The third kappa shape index (κ3) is 5.30. The highest BCUT2D eigenvalue weighted by atomic mass is 35.5. The van der Waals surface area contributed by atoms with E-state index in [9.17, 15) is 4.39 Å². The van der Waals surface area contributed by atoms with E-state index in [1.54, 1.807) is 6.07 Å². The maximum absolute atomic E-state index is 13.4. The van der Waals surface area contributed by atoms with E-state index >= 15 is 0 Å². The molecule has 2 nitrogen and oxygen atoms in total. The zero-order chi connectivity index (χ0) is 15.5. The van der Waals surface area contributed by atoms with E-state index in [-0.39, 0.29) is 11.4 Å². The van der Waals surface area contributed by atoms with Crippen molar-refractivity contribution >= 4 is 22.9 Å². The third-order valence-electron chi connectivity index (χ3n) is 2.83. The number of hydrogen-bond donors (Lipinski definition) is 1. The van der Waals surface area contributed by atoms with Crippen molar-refractivity contribution in [1.29, 1.82) is 0 Å². The van der Waals surface area contributed by atoms with Gasteiger partial charge in [-0.2, -0.15) is 0 Å². The van der Waals surface area contributed by atoms with Crippen molar-refractivity contribution in [2.75, 3.05) is 0 Å². The first kappa shape index (κ1) is 16.3. The van der Waals surface area contributed by atoms with E-state index in [4.69, 9.17) is 16.3 Å². The fourth-order valence-corrected chi connectivity index (χ4v) is 2.77. The maximum atomic E-state index is 13.4. The molecule has 0 aliphatic rings. The SMILES string of the molecule is CC(C)(C)NCc1cc(F)ccc1OCc1ccc(Cl)s1. The Kier molecular flexibility index (Phi) is 5.25. The van der Waals surface area contributed by atoms with E-state index in [1.165, 1.54) is 23.5 Å². The molecule has 0 radical (unpaired) electrons. The van der Waals surface area contributed by atoms with Crippen LogP contribution in [0.4, 0.5) is 4.39 Å². The predicted octanol–water partition coefficient (Wildman–Crippen LogP) is 5.01. The van der Waals surface area contributed by atoms with Gasteiger partial charge in [-0.1, -0.05) is 11.6 Å². The van der Waals surface area contributed by atoms with Crippen molar-refractivity contribution < 1.29 is 9.13 Å². The standard InChI is InChI=1S/C16H19ClFNOS/c1-16(2,3)19-9-11-8-12(18)4-6-14(11)20-10-13-5-7-15(17)21-13/h4-8,19H,9-10H2,1-3H3. The lowest BCUT2D eigenvalue weighted by molar-refractivity contribution is 0.303. The van der Waals surface area contributed by atoms with Gasteiger partial charge in [0.1, 0.15) is 18.2 Å². The first-order valence-corrected chi connectivity index (χ1v) is 7.93. The summed E-state index contributed by atoms with van der Waals surface area (Å²) in [5.74, 6) is 0.435. The Balaban J connectivity index is 2.07. The largest absolute Gasteiger partial charge is 0.488 e. The van der Waals surface area contributed by atoms with Gasteiger partial charge >= 0.3 is 0 Å². The quantitative estimate of drug-likeness (QED) is 0.833. The Hall–Kier alpha value is -1.10. The van der Waals surface area contributed by atoms with Crippen LogP contribution in [0.1, 0.15) is 31.2 Å². The molecule has 1 heterocycles. The van der Waals surface area contributed by atoms with Crippen LogP contribution in [0.15, 0.2) is 30.3 Å². The molecule has 0 aliphatic carbocycles. The summed E-state index contributed by atoms with van der Waals surface area (Å²) in [6, 6.07) is 8.37. The van der Waals surface area contributed by atoms with Gasteiger partial charge in [0.05, 0.1) is 4.34 Å². The van der Waals surface area contributed by atoms with Crippen LogP contribution in [0.3, 0.4) is 0 Å². The van der Waals surface area contributed by atoms with Crippen LogP contribution >= 0.6 is 22.9 Å². The van der Waals surface area contributed by atoms with Crippen molar-refractivity contribution in [3.63, 3.8) is 0 Å². The number of ether oxygens (including phenoxy) is 1. The molecule has 0 atom stereocenters. The second-order valence-corrected chi connectivity index (χ2v) is 7.65. The van der Waals surface area contributed by atoms with Crippen molar-refractivity contribution in [2.45, 2.75) is 39.5 Å². The number of hydrogen-bond acceptors (Lipinski definition) is 3. The number of thiophene rings is 1. The zero-order valence-electron chi connectivity index (χ0n) is 12.4. The molecule has 114 valence electrons. The van der Waals surface area contributed by atoms with Crippen LogP contribution in [-0.2, 0) is 13.2 Å². The van der Waals surface area contributed by atoms with Gasteiger partial charge in [-0.25, -0.2) is 4.39 Å². The topological polar surface area (TPSA) is 21.3 Å². The summed E-state index contributed by atoms with van der Waals surface area (Å²) in [4.78, 5) is 1.04. The Morgan fingerprint density at radius 2 is 2.00 bits per heavy atom. The normalized spacial score (nSPS) is 11.7. The molecule has 1 aromatic carbocycles. The van der Waals surface area contributed by atoms with Gasteiger partial charge in [0.2, 0.25) is 0 Å². The number of benzene rings is 1. The van der Waals surface area contributed by atoms with Gasteiger partial charge in [0.25, 0.3) is 0 Å². The van der Waals surface area contributed by atoms with Crippen LogP contribution in [0.25, 0.3) is 0 Å². The summed E-state index contributed by atoms with van der Waals surface area (Å²) in [5.41, 5.74) is 0.776. The summed E-state index contributed by atoms with van der Waals surface area (Å²) >= 11 is 7.38. The van der Waals surface area contributed by atoms with Crippen LogP contribution in [0.2, 0.25) is 4.34 Å². The maximum Gasteiger partial charge on any atom is 0.124 e. The minimum absolute atomic E-state index is 0.0368. The lowest BCUT2D eigenvalue weighted by Gasteiger charge is -2.21. The Labute approximate surface area is 133 Å². The minimum Gasteiger partial charge on any atom is -0.488 e. The first-order valence-electron chi connectivity index (χ1n) is 6.74. The Bertz CT molecular complexity index is 607. The monoisotopic (exact) mass is 327 g/mol. The Morgan fingerprint density at radius 3 is 2.62 bits per heavy atom. The van der Waals surface area contributed by atoms with Crippen molar-refractivity contribution in [3.05, 3.63) is 50.9 Å². The Morgan fingerprint density at radius 1 is 1.24 bits per heavy atom. The number of rotatable bonds is 5. The van der Waals surface area contributed by atoms with E-state index in [0.717, 1.165) is 14.8 Å². The van der Waals surface area contributed by atoms with Gasteiger partial charge in [0.15, 0.2) is 0 Å². The van der Waals surface area contributed by atoms with Crippen molar-refractivity contribution in [2.24, 2.45) is 0 Å². The summed E-state index contributed by atoms with van der Waals surface area (Å²) in [5, 5.41) is 3.34. The molecule has 0 saturated heterocycles. The van der Waals surface area contributed by atoms with Crippen LogP contribution in [0, 0.1) is 5.82 Å². The van der Waals surface area contributed by atoms with Crippen molar-refractivity contribution in [3.8, 4) is 5.75 Å². The van der Waals surface area contributed by atoms with Crippen LogP contribution < -0.4 is 10.1 Å². The zero-order valence-corrected chi connectivity index (χ0v) is 13.9. The summed E-state index contributed by atoms with van der Waals surface area (Å²) in [6.45, 7) is 7.20. The lowest BCUT2D eigenvalue weighted by Crippen LogP contribution is -2.35. The predicted molar refractivity (Wildman–Crippen MR) is 86.7 cm³/mol. The fraction of sp³-hybridized carbons (Fsp3) is 0.375. The van der Waals surface area contributed by atoms with Gasteiger partial charge in [-0.3, -0.25) is 0 Å². The van der Waals surface area contributed by atoms with E-state index < -0.39 is 0 Å². The summed E-state index contributed by atoms with van der Waals surface area (Å²) < 4.78 is 20.0. The molecule has 2 rings (SSSR count). The molecular weight excluding hydrogens is 309 g/mol. The van der Waals surface area contributed by atoms with Crippen molar-refractivity contribution in [1.82, 2.24) is 5.32 Å². The van der Waals surface area contributed by atoms with E-state index in [1.807, 2.05) is 12.1 Å². The molecule has 0 aliphatic heterocycles. The smallest absolute Gasteiger partial charge is 0.124 e. The minimum atomic E-state index is -0.257. The molecule has 21 heavy (non-hydrogen) atoms. The van der Waals surface area contributed by atoms with E-state index in [2.05, 4.69) is 26.1 Å². The molecular formula is C16H19ClFNOS. The molecule has 0 amide bonds. The molecule has 2 aromatic rings. The molecule has 0 saturated carbocycles. The number of halogens is 2. The molecule has 0 spiro atoms. The van der Waals surface area contributed by atoms with Crippen LogP contribution in [-0.4, -0.2) is 5.54 Å². The highest BCUT2D eigenvalue weighted by Gasteiger charge is 2.12. The highest BCUT2D eigenvalue weighted by molar-refractivity contribution is 7.16. The molecule has 1 aromatic heterocycles. The van der Waals surface area contributed by atoms with Gasteiger partial charge < -0.3 is 10.1 Å². The van der Waals surface area contributed by atoms with Crippen LogP contribution in [0.5, 0.6) is 5.75 Å². The van der Waals surface area contributed by atoms with Gasteiger partial charge in [0, 0.05) is 22.5 Å². The third-order valence-corrected chi connectivity index (χ3v) is 4.04. The van der Waals surface area contributed by atoms with Gasteiger partial charge in [-0.05, 0) is 51.1 Å². The average Bonchev–Trinajstić information content (AvgIpc) is 2.80. The molecule has 0 bridgehead atoms. The second-order valence-electron chi connectivity index (χ2n) is 5.85. The second kappa shape index (κ2) is 6.77. The molecule has 0 unspecified atom stereocenters. The summed E-state index contributed by atoms with van der Waals surface area (Å²) in [6.07, 6.45) is 0. The molecule has 1 N–H and O–H groups in total. The average molecular weight is 328 g/mol. The highest BCUT2D eigenvalue weighted by Crippen LogP contribution is 2.25. The van der Waals surface area contributed by atoms with E-state index in [0.29, 0.717) is 18.9 Å². The molecule has 0 fully saturated rings.